The Bertz CT molecular complexity index is 1150. The van der Waals surface area contributed by atoms with E-state index in [2.05, 4.69) is 10.2 Å². The maximum absolute atomic E-state index is 11.7. The lowest BCUT2D eigenvalue weighted by Gasteiger charge is -2.28. The Morgan fingerprint density at radius 3 is 2.66 bits per heavy atom. The van der Waals surface area contributed by atoms with Gasteiger partial charge in [0.05, 0.1) is 6.26 Å². The molecule has 4 heterocycles. The van der Waals surface area contributed by atoms with Crippen molar-refractivity contribution in [3.63, 3.8) is 0 Å². The molecular weight excluding hydrogens is 414 g/mol. The summed E-state index contributed by atoms with van der Waals surface area (Å²) in [4.78, 5) is 0.762. The molecule has 11 heteroatoms. The number of ether oxygens (including phenoxy) is 2. The molecule has 2 aliphatic rings. The molecule has 3 aromatic rings. The first kappa shape index (κ1) is 18.8. The van der Waals surface area contributed by atoms with Crippen LogP contribution in [0, 0.1) is 0 Å². The molecule has 1 fully saturated rings. The highest BCUT2D eigenvalue weighted by atomic mass is 32.2. The number of rotatable bonds is 4. The van der Waals surface area contributed by atoms with Gasteiger partial charge in [0.1, 0.15) is 18.2 Å². The van der Waals surface area contributed by atoms with Crippen molar-refractivity contribution in [2.24, 2.45) is 0 Å². The standard InChI is InChI=1S/C18H21N5O4S2/c1-29(24,25)22-6-4-13(5-7-22)17-19-20-18-23(17)21-16(28-18)11-12-2-3-14-15(10-12)27-9-8-26-14/h2-3,10,13H,4-9,11H2,1H3. The first-order valence-electron chi connectivity index (χ1n) is 9.52. The molecule has 1 saturated heterocycles. The summed E-state index contributed by atoms with van der Waals surface area (Å²) < 4.78 is 38.0. The van der Waals surface area contributed by atoms with Gasteiger partial charge in [-0.15, -0.1) is 10.2 Å². The van der Waals surface area contributed by atoms with Crippen molar-refractivity contribution in [2.45, 2.75) is 25.2 Å². The van der Waals surface area contributed by atoms with Crippen molar-refractivity contribution in [1.82, 2.24) is 24.1 Å². The van der Waals surface area contributed by atoms with Gasteiger partial charge in [-0.05, 0) is 30.5 Å². The van der Waals surface area contributed by atoms with Gasteiger partial charge in [0.25, 0.3) is 0 Å². The highest BCUT2D eigenvalue weighted by Gasteiger charge is 2.29. The highest BCUT2D eigenvalue weighted by Crippen LogP contribution is 2.33. The Hall–Kier alpha value is -2.24. The molecule has 5 rings (SSSR count). The van der Waals surface area contributed by atoms with E-state index >= 15 is 0 Å². The van der Waals surface area contributed by atoms with Crippen molar-refractivity contribution in [1.29, 1.82) is 0 Å². The third kappa shape index (κ3) is 3.69. The summed E-state index contributed by atoms with van der Waals surface area (Å²) in [6.45, 7) is 2.16. The van der Waals surface area contributed by atoms with Crippen molar-refractivity contribution in [3.05, 3.63) is 34.6 Å². The van der Waals surface area contributed by atoms with E-state index in [9.17, 15) is 8.42 Å². The third-order valence-corrected chi connectivity index (χ3v) is 7.51. The molecule has 154 valence electrons. The number of aromatic nitrogens is 4. The molecule has 0 aliphatic carbocycles. The SMILES string of the molecule is CS(=O)(=O)N1CCC(c2nnc3sc(Cc4ccc5c(c4)OCCO5)nn23)CC1. The van der Waals surface area contributed by atoms with Crippen LogP contribution in [0.5, 0.6) is 11.5 Å². The second kappa shape index (κ2) is 7.22. The first-order valence-corrected chi connectivity index (χ1v) is 12.2. The first-order chi connectivity index (χ1) is 14.0. The van der Waals surface area contributed by atoms with Crippen molar-refractivity contribution >= 4 is 26.3 Å². The number of fused-ring (bicyclic) bond motifs is 2. The van der Waals surface area contributed by atoms with Crippen molar-refractivity contribution in [2.75, 3.05) is 32.6 Å². The number of sulfonamides is 1. The largest absolute Gasteiger partial charge is 0.486 e. The average Bonchev–Trinajstić information content (AvgIpc) is 3.27. The quantitative estimate of drug-likeness (QED) is 0.615. The fourth-order valence-corrected chi connectivity index (χ4v) is 5.56. The van der Waals surface area contributed by atoms with Crippen LogP contribution in [0.4, 0.5) is 0 Å². The van der Waals surface area contributed by atoms with Crippen LogP contribution in [-0.2, 0) is 16.4 Å². The Morgan fingerprint density at radius 2 is 1.90 bits per heavy atom. The van der Waals surface area contributed by atoms with Crippen LogP contribution in [0.2, 0.25) is 0 Å². The van der Waals surface area contributed by atoms with E-state index in [0.717, 1.165) is 45.7 Å². The van der Waals surface area contributed by atoms with Crippen LogP contribution >= 0.6 is 11.3 Å². The van der Waals surface area contributed by atoms with Gasteiger partial charge in [-0.25, -0.2) is 12.7 Å². The highest BCUT2D eigenvalue weighted by molar-refractivity contribution is 7.88. The van der Waals surface area contributed by atoms with E-state index in [1.54, 1.807) is 0 Å². The van der Waals surface area contributed by atoms with E-state index in [1.807, 2.05) is 22.7 Å². The molecule has 0 spiro atoms. The van der Waals surface area contributed by atoms with Gasteiger partial charge in [0.2, 0.25) is 15.0 Å². The van der Waals surface area contributed by atoms with Crippen LogP contribution < -0.4 is 9.47 Å². The van der Waals surface area contributed by atoms with Gasteiger partial charge in [-0.1, -0.05) is 17.4 Å². The zero-order chi connectivity index (χ0) is 20.0. The fourth-order valence-electron chi connectivity index (χ4n) is 3.82. The van der Waals surface area contributed by atoms with Gasteiger partial charge >= 0.3 is 0 Å². The topological polar surface area (TPSA) is 98.9 Å². The Morgan fingerprint density at radius 1 is 1.14 bits per heavy atom. The minimum atomic E-state index is -3.14. The van der Waals surface area contributed by atoms with E-state index in [1.165, 1.54) is 21.9 Å². The Kier molecular flexibility index (Phi) is 4.67. The molecule has 29 heavy (non-hydrogen) atoms. The van der Waals surface area contributed by atoms with E-state index in [0.29, 0.717) is 32.7 Å². The van der Waals surface area contributed by atoms with E-state index < -0.39 is 10.0 Å². The third-order valence-electron chi connectivity index (χ3n) is 5.31. The van der Waals surface area contributed by atoms with Crippen LogP contribution in [0.25, 0.3) is 4.96 Å². The minimum absolute atomic E-state index is 0.159. The molecule has 0 N–H and O–H groups in total. The maximum Gasteiger partial charge on any atom is 0.234 e. The van der Waals surface area contributed by atoms with Gasteiger partial charge in [-0.3, -0.25) is 0 Å². The number of piperidine rings is 1. The Balaban J connectivity index is 1.34. The maximum atomic E-state index is 11.7. The minimum Gasteiger partial charge on any atom is -0.486 e. The number of hydrogen-bond donors (Lipinski definition) is 0. The molecule has 1 aromatic carbocycles. The summed E-state index contributed by atoms with van der Waals surface area (Å²) in [6.07, 6.45) is 3.38. The second-order valence-electron chi connectivity index (χ2n) is 7.34. The van der Waals surface area contributed by atoms with Crippen LogP contribution in [0.1, 0.15) is 35.2 Å². The molecule has 9 nitrogen and oxygen atoms in total. The Labute approximate surface area is 172 Å². The number of nitrogens with zero attached hydrogens (tertiary/aromatic N) is 5. The van der Waals surface area contributed by atoms with Gasteiger partial charge in [0.15, 0.2) is 17.3 Å². The summed E-state index contributed by atoms with van der Waals surface area (Å²) in [5.41, 5.74) is 1.10. The summed E-state index contributed by atoms with van der Waals surface area (Å²) in [5.74, 6) is 2.53. The van der Waals surface area contributed by atoms with Gasteiger partial charge < -0.3 is 9.47 Å². The average molecular weight is 436 g/mol. The second-order valence-corrected chi connectivity index (χ2v) is 10.4. The molecule has 0 radical (unpaired) electrons. The lowest BCUT2D eigenvalue weighted by molar-refractivity contribution is 0.171. The molecular formula is C18H21N5O4S2. The lowest BCUT2D eigenvalue weighted by atomic mass is 9.97. The van der Waals surface area contributed by atoms with Crippen molar-refractivity contribution in [3.8, 4) is 11.5 Å². The molecule has 0 unspecified atom stereocenters. The van der Waals surface area contributed by atoms with Crippen LogP contribution in [-0.4, -0.2) is 65.1 Å². The predicted octanol–water partition coefficient (Wildman–Crippen LogP) is 1.69. The number of hydrogen-bond acceptors (Lipinski definition) is 8. The molecule has 0 amide bonds. The number of benzene rings is 1. The predicted molar refractivity (Wildman–Crippen MR) is 107 cm³/mol. The van der Waals surface area contributed by atoms with E-state index in [4.69, 9.17) is 14.6 Å². The molecule has 0 atom stereocenters. The van der Waals surface area contributed by atoms with Gasteiger partial charge in [-0.2, -0.15) is 9.61 Å². The van der Waals surface area contributed by atoms with Crippen LogP contribution in [0.15, 0.2) is 18.2 Å². The zero-order valence-electron chi connectivity index (χ0n) is 15.9. The monoisotopic (exact) mass is 435 g/mol. The van der Waals surface area contributed by atoms with Crippen molar-refractivity contribution < 1.29 is 17.9 Å². The van der Waals surface area contributed by atoms with E-state index in [-0.39, 0.29) is 5.92 Å². The molecule has 0 saturated carbocycles. The summed E-state index contributed by atoms with van der Waals surface area (Å²) in [6, 6.07) is 5.96. The van der Waals surface area contributed by atoms with Gasteiger partial charge in [0, 0.05) is 25.4 Å². The normalized spacial score (nSPS) is 18.4. The smallest absolute Gasteiger partial charge is 0.234 e. The summed E-state index contributed by atoms with van der Waals surface area (Å²) in [7, 11) is -3.14. The summed E-state index contributed by atoms with van der Waals surface area (Å²) >= 11 is 1.52. The molecule has 2 aromatic heterocycles. The zero-order valence-corrected chi connectivity index (χ0v) is 17.6. The summed E-state index contributed by atoms with van der Waals surface area (Å²) in [5, 5.41) is 14.3. The fraction of sp³-hybridized carbons (Fsp3) is 0.500. The lowest BCUT2D eigenvalue weighted by Crippen LogP contribution is -2.37. The molecule has 0 bridgehead atoms. The molecule has 2 aliphatic heterocycles. The van der Waals surface area contributed by atoms with Crippen LogP contribution in [0.3, 0.4) is 0 Å².